The quantitative estimate of drug-likeness (QED) is 0.166. The number of carbonyl (C=O) groups is 1. The van der Waals surface area contributed by atoms with E-state index in [9.17, 15) is 23.6 Å². The summed E-state index contributed by atoms with van der Waals surface area (Å²) < 4.78 is 39.5. The van der Waals surface area contributed by atoms with Crippen molar-refractivity contribution in [2.75, 3.05) is 33.3 Å². The van der Waals surface area contributed by atoms with Crippen molar-refractivity contribution in [3.63, 3.8) is 0 Å². The molecule has 1 saturated carbocycles. The maximum atomic E-state index is 13.0. The maximum absolute atomic E-state index is 13.0. The number of carbonyl (C=O) groups excluding carboxylic acids is 1. The fraction of sp³-hybridized carbons (Fsp3) is 0.409. The van der Waals surface area contributed by atoms with E-state index >= 15 is 0 Å². The molecule has 57 heavy (non-hydrogen) atoms. The molecular weight excluding hydrogens is 741 g/mol. The number of aliphatic hydroxyl groups excluding tert-OH is 1. The fourth-order valence-electron chi connectivity index (χ4n) is 9.21. The van der Waals surface area contributed by atoms with E-state index in [1.807, 2.05) is 30.3 Å². The van der Waals surface area contributed by atoms with E-state index in [0.717, 1.165) is 81.4 Å². The molecule has 2 aromatic heterocycles. The number of hydrogen-bond acceptors (Lipinski definition) is 11. The number of nitriles is 1. The van der Waals surface area contributed by atoms with Crippen LogP contribution in [0.5, 0.6) is 5.88 Å². The van der Waals surface area contributed by atoms with E-state index < -0.39 is 21.2 Å². The summed E-state index contributed by atoms with van der Waals surface area (Å²) in [4.78, 5) is 27.0. The number of hydrogen-bond donors (Lipinski definition) is 2. The Hall–Kier alpha value is -5.13. The average molecular weight is 787 g/mol. The molecule has 13 heteroatoms. The van der Waals surface area contributed by atoms with Crippen molar-refractivity contribution in [2.45, 2.75) is 76.3 Å². The Kier molecular flexibility index (Phi) is 9.64. The molecule has 2 aliphatic carbocycles. The van der Waals surface area contributed by atoms with Gasteiger partial charge in [0, 0.05) is 48.7 Å². The molecule has 0 bridgehead atoms. The third-order valence-electron chi connectivity index (χ3n) is 12.4. The summed E-state index contributed by atoms with van der Waals surface area (Å²) >= 11 is 0. The second kappa shape index (κ2) is 14.7. The number of nitrogens with zero attached hydrogens (tertiary/aromatic N) is 5. The molecule has 2 N–H and O–H groups in total. The monoisotopic (exact) mass is 786 g/mol. The maximum Gasteiger partial charge on any atom is 0.237 e. The minimum Gasteiger partial charge on any atom is -0.480 e. The first-order valence-corrected chi connectivity index (χ1v) is 21.4. The summed E-state index contributed by atoms with van der Waals surface area (Å²) in [6.07, 6.45) is 5.60. The van der Waals surface area contributed by atoms with Crippen LogP contribution in [-0.4, -0.2) is 83.8 Å². The van der Waals surface area contributed by atoms with Gasteiger partial charge in [0.1, 0.15) is 17.5 Å². The molecule has 5 aromatic rings. The molecule has 2 aliphatic heterocycles. The summed E-state index contributed by atoms with van der Waals surface area (Å²) in [5, 5.41) is 20.9. The number of aromatic nitrogens is 2. The lowest BCUT2D eigenvalue weighted by Crippen LogP contribution is -2.38. The lowest BCUT2D eigenvalue weighted by molar-refractivity contribution is -0.122. The third-order valence-corrected chi connectivity index (χ3v) is 14.3. The van der Waals surface area contributed by atoms with Gasteiger partial charge in [0.05, 0.1) is 41.8 Å². The number of amides is 1. The zero-order valence-corrected chi connectivity index (χ0v) is 33.2. The van der Waals surface area contributed by atoms with Crippen molar-refractivity contribution in [1.29, 1.82) is 5.26 Å². The number of rotatable bonds is 10. The topological polar surface area (TPSA) is 162 Å². The molecule has 0 radical (unpaired) electrons. The molecule has 0 spiro atoms. The molecule has 4 heterocycles. The summed E-state index contributed by atoms with van der Waals surface area (Å²) in [7, 11) is -1.98. The van der Waals surface area contributed by atoms with E-state index in [0.29, 0.717) is 73.9 Å². The van der Waals surface area contributed by atoms with Crippen LogP contribution in [0, 0.1) is 31.1 Å². The number of fused-ring (bicyclic) bond motifs is 2. The number of likely N-dealkylation sites (tertiary alicyclic amines) is 2. The van der Waals surface area contributed by atoms with Gasteiger partial charge in [-0.2, -0.15) is 5.26 Å². The van der Waals surface area contributed by atoms with Gasteiger partial charge in [-0.3, -0.25) is 24.3 Å². The fourth-order valence-corrected chi connectivity index (χ4v) is 10.6. The van der Waals surface area contributed by atoms with Crippen molar-refractivity contribution >= 4 is 26.9 Å². The van der Waals surface area contributed by atoms with Crippen molar-refractivity contribution in [3.8, 4) is 45.7 Å². The highest BCUT2D eigenvalue weighted by Gasteiger charge is 2.41. The third kappa shape index (κ3) is 6.88. The standard InChI is InChI=1S/C44H46N6O6S/c1-25-31(6-4-8-33(25)38-21-46-39(44(47-38)55-3)24-49-16-15-29(51)23-49)32-7-5-9-34(26(32)2)41-19-28-18-36-35(37(20-45)42(28)56-41)12-13-40(36)50-17-14-27(22-50)43(52)48-57(53,54)30-10-11-30/h4-9,18-19,21,27,29-30,40,51H,10-17,22-24H2,1-3H3,(H,48,52)/t27-,29-,40-/m1/s1. The molecule has 9 rings (SSSR count). The van der Waals surface area contributed by atoms with Crippen LogP contribution in [0.2, 0.25) is 0 Å². The summed E-state index contributed by atoms with van der Waals surface area (Å²) in [5.74, 6) is 0.360. The van der Waals surface area contributed by atoms with E-state index in [1.54, 1.807) is 13.3 Å². The van der Waals surface area contributed by atoms with Gasteiger partial charge >= 0.3 is 0 Å². The minimum absolute atomic E-state index is 0.0352. The predicted octanol–water partition coefficient (Wildman–Crippen LogP) is 6.21. The zero-order valence-electron chi connectivity index (χ0n) is 32.4. The van der Waals surface area contributed by atoms with Crippen molar-refractivity contribution < 1.29 is 27.5 Å². The Bertz CT molecular complexity index is 2580. The van der Waals surface area contributed by atoms with Crippen LogP contribution in [0.1, 0.15) is 71.7 Å². The van der Waals surface area contributed by atoms with Gasteiger partial charge in [0.25, 0.3) is 0 Å². The number of aliphatic hydroxyl groups is 1. The summed E-state index contributed by atoms with van der Waals surface area (Å²) in [6, 6.07) is 19.0. The Morgan fingerprint density at radius 2 is 1.74 bits per heavy atom. The number of methoxy groups -OCH3 is 1. The van der Waals surface area contributed by atoms with Crippen molar-refractivity contribution in [2.24, 2.45) is 5.92 Å². The molecule has 12 nitrogen and oxygen atoms in total. The molecule has 3 atom stereocenters. The molecule has 4 aliphatic rings. The second-order valence-electron chi connectivity index (χ2n) is 16.1. The SMILES string of the molecule is COc1nc(-c2cccc(-c3cccc(-c4cc5cc6c(c(C#N)c5o4)CC[C@H]6N4CC[C@@H](C(=O)NS(=O)(=O)C5CC5)C4)c3C)c2C)cnc1CN1CC[C@@H](O)C1. The van der Waals surface area contributed by atoms with E-state index in [-0.39, 0.29) is 18.1 Å². The Balaban J connectivity index is 0.991. The van der Waals surface area contributed by atoms with Gasteiger partial charge in [-0.1, -0.05) is 36.4 Å². The number of ether oxygens (including phenoxy) is 1. The lowest BCUT2D eigenvalue weighted by Gasteiger charge is -2.25. The van der Waals surface area contributed by atoms with Crippen LogP contribution < -0.4 is 9.46 Å². The highest BCUT2D eigenvalue weighted by atomic mass is 32.2. The van der Waals surface area contributed by atoms with Crippen LogP contribution >= 0.6 is 0 Å². The van der Waals surface area contributed by atoms with Crippen LogP contribution in [0.3, 0.4) is 0 Å². The lowest BCUT2D eigenvalue weighted by atomic mass is 9.90. The number of furan rings is 1. The summed E-state index contributed by atoms with van der Waals surface area (Å²) in [5.41, 5.74) is 10.7. The second-order valence-corrected chi connectivity index (χ2v) is 18.0. The van der Waals surface area contributed by atoms with Crippen LogP contribution in [0.25, 0.3) is 44.7 Å². The molecular formula is C44H46N6O6S. The van der Waals surface area contributed by atoms with Gasteiger partial charge < -0.3 is 14.3 Å². The van der Waals surface area contributed by atoms with Gasteiger partial charge in [0.15, 0.2) is 5.58 Å². The zero-order chi connectivity index (χ0) is 39.6. The van der Waals surface area contributed by atoms with Gasteiger partial charge in [-0.15, -0.1) is 0 Å². The highest BCUT2D eigenvalue weighted by molar-refractivity contribution is 7.90. The van der Waals surface area contributed by atoms with Gasteiger partial charge in [-0.25, -0.2) is 13.4 Å². The predicted molar refractivity (Wildman–Crippen MR) is 216 cm³/mol. The van der Waals surface area contributed by atoms with Crippen LogP contribution in [0.4, 0.5) is 0 Å². The first-order valence-electron chi connectivity index (χ1n) is 19.8. The molecule has 0 unspecified atom stereocenters. The first-order chi connectivity index (χ1) is 27.5. The van der Waals surface area contributed by atoms with Crippen LogP contribution in [0.15, 0.2) is 59.1 Å². The summed E-state index contributed by atoms with van der Waals surface area (Å²) in [6.45, 7) is 7.34. The van der Waals surface area contributed by atoms with E-state index in [2.05, 4.69) is 52.6 Å². The van der Waals surface area contributed by atoms with E-state index in [1.165, 1.54) is 0 Å². The number of sulfonamides is 1. The molecule has 3 fully saturated rings. The first kappa shape index (κ1) is 37.4. The molecule has 2 saturated heterocycles. The van der Waals surface area contributed by atoms with Crippen LogP contribution in [-0.2, 0) is 27.8 Å². The molecule has 294 valence electrons. The normalized spacial score (nSPS) is 21.2. The Labute approximate surface area is 332 Å². The van der Waals surface area contributed by atoms with E-state index in [4.69, 9.17) is 19.1 Å². The number of β-amino-alcohol motifs (C(OH)–C–C–N with tert-alkyl or cyclic N) is 1. The Morgan fingerprint density at radius 3 is 2.44 bits per heavy atom. The highest BCUT2D eigenvalue weighted by Crippen LogP contribution is 2.45. The molecule has 1 amide bonds. The Morgan fingerprint density at radius 1 is 1.00 bits per heavy atom. The molecule has 3 aromatic carbocycles. The largest absolute Gasteiger partial charge is 0.480 e. The smallest absolute Gasteiger partial charge is 0.237 e. The average Bonchev–Trinajstić information content (AvgIpc) is 3.47. The van der Waals surface area contributed by atoms with Gasteiger partial charge in [-0.05, 0) is 104 Å². The van der Waals surface area contributed by atoms with Crippen molar-refractivity contribution in [1.82, 2.24) is 24.5 Å². The minimum atomic E-state index is -3.59. The number of nitrogens with one attached hydrogen (secondary N) is 1. The van der Waals surface area contributed by atoms with Gasteiger partial charge in [0.2, 0.25) is 21.8 Å². The number of benzene rings is 3. The van der Waals surface area contributed by atoms with Crippen molar-refractivity contribution in [3.05, 3.63) is 88.2 Å².